The molecule has 0 spiro atoms. The molecular weight excluding hydrogens is 295 g/mol. The fraction of sp³-hybridized carbons (Fsp3) is 0.500. The van der Waals surface area contributed by atoms with E-state index in [0.717, 1.165) is 6.26 Å². The van der Waals surface area contributed by atoms with Gasteiger partial charge >= 0.3 is 0 Å². The molecule has 1 saturated heterocycles. The molecule has 0 unspecified atom stereocenters. The molecule has 21 heavy (non-hydrogen) atoms. The van der Waals surface area contributed by atoms with Crippen LogP contribution < -0.4 is 9.62 Å². The number of nitrogens with zero attached hydrogens (tertiary/aromatic N) is 1. The molecule has 0 aromatic heterocycles. The number of piperidine rings is 1. The summed E-state index contributed by atoms with van der Waals surface area (Å²) in [5, 5.41) is 0. The third-order valence-electron chi connectivity index (χ3n) is 3.56. The summed E-state index contributed by atoms with van der Waals surface area (Å²) in [4.78, 5) is 13.6. The van der Waals surface area contributed by atoms with Crippen LogP contribution in [0.2, 0.25) is 0 Å². The summed E-state index contributed by atoms with van der Waals surface area (Å²) in [6.07, 6.45) is 2.39. The van der Waals surface area contributed by atoms with Crippen molar-refractivity contribution < 1.29 is 17.6 Å². The average molecular weight is 314 g/mol. The van der Waals surface area contributed by atoms with Gasteiger partial charge in [0.1, 0.15) is 5.82 Å². The number of hydrogen-bond acceptors (Lipinski definition) is 4. The first-order chi connectivity index (χ1) is 9.78. The van der Waals surface area contributed by atoms with Crippen LogP contribution in [0.15, 0.2) is 18.2 Å². The van der Waals surface area contributed by atoms with Gasteiger partial charge in [-0.15, -0.1) is 0 Å². The minimum atomic E-state index is -3.22. The SMILES string of the molecule is CC(=O)c1c(F)cccc1N1CCC(NS(C)(=O)=O)CC1. The number of sulfonamides is 1. The highest BCUT2D eigenvalue weighted by molar-refractivity contribution is 7.88. The lowest BCUT2D eigenvalue weighted by Crippen LogP contribution is -2.44. The van der Waals surface area contributed by atoms with Gasteiger partial charge in [-0.05, 0) is 31.9 Å². The second-order valence-electron chi connectivity index (χ2n) is 5.34. The molecule has 1 aliphatic rings. The molecule has 5 nitrogen and oxygen atoms in total. The number of nitrogens with one attached hydrogen (secondary N) is 1. The zero-order valence-electron chi connectivity index (χ0n) is 12.1. The fourth-order valence-corrected chi connectivity index (χ4v) is 3.51. The lowest BCUT2D eigenvalue weighted by molar-refractivity contribution is 0.101. The summed E-state index contributed by atoms with van der Waals surface area (Å²) in [5.74, 6) is -0.823. The Hall–Kier alpha value is -1.47. The highest BCUT2D eigenvalue weighted by Gasteiger charge is 2.24. The van der Waals surface area contributed by atoms with E-state index in [1.165, 1.54) is 13.0 Å². The molecule has 0 bridgehead atoms. The van der Waals surface area contributed by atoms with Crippen LogP contribution in [0.1, 0.15) is 30.1 Å². The van der Waals surface area contributed by atoms with E-state index in [2.05, 4.69) is 4.72 Å². The molecule has 1 fully saturated rings. The molecule has 1 N–H and O–H groups in total. The van der Waals surface area contributed by atoms with Gasteiger partial charge in [-0.1, -0.05) is 6.07 Å². The van der Waals surface area contributed by atoms with Gasteiger partial charge in [-0.25, -0.2) is 17.5 Å². The molecule has 0 atom stereocenters. The zero-order valence-corrected chi connectivity index (χ0v) is 12.9. The predicted octanol–water partition coefficient (Wildman–Crippen LogP) is 1.55. The van der Waals surface area contributed by atoms with Gasteiger partial charge < -0.3 is 4.90 Å². The molecule has 0 aliphatic carbocycles. The maximum Gasteiger partial charge on any atom is 0.208 e. The lowest BCUT2D eigenvalue weighted by atomic mass is 10.0. The van der Waals surface area contributed by atoms with Crippen molar-refractivity contribution in [3.05, 3.63) is 29.6 Å². The minimum absolute atomic E-state index is 0.104. The highest BCUT2D eigenvalue weighted by atomic mass is 32.2. The monoisotopic (exact) mass is 314 g/mol. The number of Topliss-reactive ketones (excluding diaryl/α,β-unsaturated/α-hetero) is 1. The second-order valence-corrected chi connectivity index (χ2v) is 7.12. The van der Waals surface area contributed by atoms with Gasteiger partial charge in [0.2, 0.25) is 10.0 Å². The van der Waals surface area contributed by atoms with Crippen molar-refractivity contribution in [3.63, 3.8) is 0 Å². The Morgan fingerprint density at radius 1 is 1.33 bits per heavy atom. The first-order valence-electron chi connectivity index (χ1n) is 6.79. The summed E-state index contributed by atoms with van der Waals surface area (Å²) in [6, 6.07) is 4.48. The van der Waals surface area contributed by atoms with Crippen LogP contribution in [0.4, 0.5) is 10.1 Å². The van der Waals surface area contributed by atoms with Crippen LogP contribution in [0.5, 0.6) is 0 Å². The maximum atomic E-state index is 13.8. The number of halogens is 1. The van der Waals surface area contributed by atoms with Crippen LogP contribution in [0.25, 0.3) is 0 Å². The summed E-state index contributed by atoms with van der Waals surface area (Å²) in [5.41, 5.74) is 0.687. The number of carbonyl (C=O) groups is 1. The van der Waals surface area contributed by atoms with Gasteiger partial charge in [-0.2, -0.15) is 0 Å². The molecule has 2 rings (SSSR count). The first kappa shape index (κ1) is 15.9. The van der Waals surface area contributed by atoms with Gasteiger partial charge in [0.05, 0.1) is 17.5 Å². The van der Waals surface area contributed by atoms with E-state index in [-0.39, 0.29) is 17.4 Å². The van der Waals surface area contributed by atoms with Crippen molar-refractivity contribution in [3.8, 4) is 0 Å². The number of hydrogen-bond donors (Lipinski definition) is 1. The summed E-state index contributed by atoms with van der Waals surface area (Å²) in [7, 11) is -3.22. The van der Waals surface area contributed by atoms with Crippen molar-refractivity contribution in [1.82, 2.24) is 4.72 Å². The molecule has 1 aliphatic heterocycles. The zero-order chi connectivity index (χ0) is 15.6. The molecule has 0 amide bonds. The van der Waals surface area contributed by atoms with Gasteiger partial charge in [0.15, 0.2) is 5.78 Å². The molecule has 116 valence electrons. The van der Waals surface area contributed by atoms with E-state index in [1.54, 1.807) is 12.1 Å². The molecule has 7 heteroatoms. The maximum absolute atomic E-state index is 13.8. The Labute approximate surface area is 124 Å². The number of anilines is 1. The Balaban J connectivity index is 2.13. The van der Waals surface area contributed by atoms with E-state index >= 15 is 0 Å². The third-order valence-corrected chi connectivity index (χ3v) is 4.32. The van der Waals surface area contributed by atoms with Crippen LogP contribution in [0, 0.1) is 5.82 Å². The van der Waals surface area contributed by atoms with E-state index < -0.39 is 15.8 Å². The molecule has 1 heterocycles. The van der Waals surface area contributed by atoms with E-state index in [1.807, 2.05) is 4.90 Å². The van der Waals surface area contributed by atoms with Crippen LogP contribution >= 0.6 is 0 Å². The smallest absolute Gasteiger partial charge is 0.208 e. The minimum Gasteiger partial charge on any atom is -0.371 e. The Kier molecular flexibility index (Phi) is 4.63. The Bertz CT molecular complexity index is 638. The quantitative estimate of drug-likeness (QED) is 0.856. The normalized spacial score (nSPS) is 17.0. The van der Waals surface area contributed by atoms with E-state index in [4.69, 9.17) is 0 Å². The topological polar surface area (TPSA) is 66.5 Å². The number of carbonyl (C=O) groups excluding carboxylic acids is 1. The van der Waals surface area contributed by atoms with Crippen LogP contribution in [0.3, 0.4) is 0 Å². The molecule has 1 aromatic carbocycles. The molecule has 0 radical (unpaired) electrons. The predicted molar refractivity (Wildman–Crippen MR) is 79.6 cm³/mol. The van der Waals surface area contributed by atoms with Crippen molar-refractivity contribution in [1.29, 1.82) is 0 Å². The van der Waals surface area contributed by atoms with E-state index in [0.29, 0.717) is 31.6 Å². The summed E-state index contributed by atoms with van der Waals surface area (Å²) >= 11 is 0. The van der Waals surface area contributed by atoms with Crippen molar-refractivity contribution >= 4 is 21.5 Å². The van der Waals surface area contributed by atoms with Gasteiger partial charge in [0.25, 0.3) is 0 Å². The summed E-state index contributed by atoms with van der Waals surface area (Å²) < 4.78 is 38.8. The van der Waals surface area contributed by atoms with Crippen molar-refractivity contribution in [2.24, 2.45) is 0 Å². The Morgan fingerprint density at radius 2 is 1.95 bits per heavy atom. The first-order valence-corrected chi connectivity index (χ1v) is 8.69. The molecule has 0 saturated carbocycles. The molecule has 1 aromatic rings. The number of ketones is 1. The summed E-state index contributed by atoms with van der Waals surface area (Å²) in [6.45, 7) is 2.51. The van der Waals surface area contributed by atoms with Crippen LogP contribution in [-0.4, -0.2) is 39.6 Å². The third kappa shape index (κ3) is 4.01. The van der Waals surface area contributed by atoms with Gasteiger partial charge in [-0.3, -0.25) is 4.79 Å². The van der Waals surface area contributed by atoms with Crippen molar-refractivity contribution in [2.45, 2.75) is 25.8 Å². The van der Waals surface area contributed by atoms with Crippen molar-refractivity contribution in [2.75, 3.05) is 24.2 Å². The standard InChI is InChI=1S/C14H19FN2O3S/c1-10(18)14-12(15)4-3-5-13(14)17-8-6-11(7-9-17)16-21(2,19)20/h3-5,11,16H,6-9H2,1-2H3. The van der Waals surface area contributed by atoms with E-state index in [9.17, 15) is 17.6 Å². The number of rotatable bonds is 4. The second kappa shape index (κ2) is 6.11. The highest BCUT2D eigenvalue weighted by Crippen LogP contribution is 2.26. The molecular formula is C14H19FN2O3S. The number of benzene rings is 1. The van der Waals surface area contributed by atoms with Crippen LogP contribution in [-0.2, 0) is 10.0 Å². The Morgan fingerprint density at radius 3 is 2.48 bits per heavy atom. The fourth-order valence-electron chi connectivity index (χ4n) is 2.67. The largest absolute Gasteiger partial charge is 0.371 e. The van der Waals surface area contributed by atoms with Gasteiger partial charge in [0, 0.05) is 19.1 Å². The average Bonchev–Trinajstić information content (AvgIpc) is 2.37. The lowest BCUT2D eigenvalue weighted by Gasteiger charge is -2.34.